The maximum Gasteiger partial charge on any atom is 0.290 e. The third-order valence-corrected chi connectivity index (χ3v) is 4.97. The van der Waals surface area contributed by atoms with Gasteiger partial charge < -0.3 is 13.8 Å². The first-order chi connectivity index (χ1) is 10.9. The largest absolute Gasteiger partial charge is 0.438 e. The summed E-state index contributed by atoms with van der Waals surface area (Å²) in [6.07, 6.45) is 1.51. The maximum atomic E-state index is 12.6. The Labute approximate surface area is 132 Å². The monoisotopic (exact) mass is 340 g/mol. The van der Waals surface area contributed by atoms with Crippen LogP contribution in [0.2, 0.25) is 0 Å². The molecule has 0 bridgehead atoms. The fourth-order valence-corrected chi connectivity index (χ4v) is 3.20. The Morgan fingerprint density at radius 3 is 2.87 bits per heavy atom. The molecule has 0 unspecified atom stereocenters. The Hall–Kier alpha value is -2.20. The molecular formula is C13H16N4O5S. The summed E-state index contributed by atoms with van der Waals surface area (Å²) in [6.45, 7) is 2.20. The molecular weight excluding hydrogens is 324 g/mol. The van der Waals surface area contributed by atoms with Crippen molar-refractivity contribution in [3.05, 3.63) is 29.6 Å². The van der Waals surface area contributed by atoms with Crippen molar-refractivity contribution in [2.24, 2.45) is 0 Å². The van der Waals surface area contributed by atoms with Gasteiger partial charge in [0.1, 0.15) is 0 Å². The van der Waals surface area contributed by atoms with Gasteiger partial charge in [0.05, 0.1) is 6.04 Å². The van der Waals surface area contributed by atoms with E-state index >= 15 is 0 Å². The lowest BCUT2D eigenvalue weighted by Gasteiger charge is -2.20. The number of aromatic nitrogens is 2. The Balaban J connectivity index is 1.85. The molecule has 9 nitrogen and oxygen atoms in total. The Kier molecular flexibility index (Phi) is 3.94. The number of aryl methyl sites for hydroxylation is 1. The lowest BCUT2D eigenvalue weighted by molar-refractivity contribution is 0.0690. The lowest BCUT2D eigenvalue weighted by Crippen LogP contribution is -2.30. The molecule has 124 valence electrons. The van der Waals surface area contributed by atoms with Crippen LogP contribution in [0.15, 0.2) is 26.2 Å². The molecule has 3 heterocycles. The second kappa shape index (κ2) is 5.78. The zero-order chi connectivity index (χ0) is 16.6. The highest BCUT2D eigenvalue weighted by Crippen LogP contribution is 2.32. The molecule has 0 spiro atoms. The summed E-state index contributed by atoms with van der Waals surface area (Å²) >= 11 is 0. The van der Waals surface area contributed by atoms with Crippen molar-refractivity contribution >= 4 is 15.9 Å². The summed E-state index contributed by atoms with van der Waals surface area (Å²) < 4.78 is 35.7. The van der Waals surface area contributed by atoms with Crippen molar-refractivity contribution in [2.75, 3.05) is 13.6 Å². The minimum atomic E-state index is -3.72. The smallest absolute Gasteiger partial charge is 0.290 e. The Bertz CT molecular complexity index is 825. The van der Waals surface area contributed by atoms with Gasteiger partial charge in [0.2, 0.25) is 11.0 Å². The molecule has 0 aromatic carbocycles. The van der Waals surface area contributed by atoms with Gasteiger partial charge in [-0.3, -0.25) is 4.79 Å². The van der Waals surface area contributed by atoms with Crippen LogP contribution in [-0.2, 0) is 10.0 Å². The fraction of sp³-hybridized carbons (Fsp3) is 0.462. The minimum Gasteiger partial charge on any atom is -0.438 e. The van der Waals surface area contributed by atoms with E-state index in [0.717, 1.165) is 6.42 Å². The molecule has 0 radical (unpaired) electrons. The molecule has 1 aliphatic rings. The van der Waals surface area contributed by atoms with E-state index in [-0.39, 0.29) is 16.9 Å². The highest BCUT2D eigenvalue weighted by molar-refractivity contribution is 7.89. The number of carbonyl (C=O) groups excluding carboxylic acids is 1. The molecule has 1 aliphatic heterocycles. The van der Waals surface area contributed by atoms with Crippen molar-refractivity contribution in [1.29, 1.82) is 0 Å². The second-order valence-electron chi connectivity index (χ2n) is 5.15. The Morgan fingerprint density at radius 2 is 2.22 bits per heavy atom. The average molecular weight is 340 g/mol. The first-order valence-electron chi connectivity index (χ1n) is 7.07. The number of nitrogens with one attached hydrogen (secondary N) is 1. The molecule has 1 atom stereocenters. The number of rotatable bonds is 4. The lowest BCUT2D eigenvalue weighted by atomic mass is 10.2. The van der Waals surface area contributed by atoms with E-state index in [2.05, 4.69) is 14.9 Å². The maximum absolute atomic E-state index is 12.6. The fourth-order valence-electron chi connectivity index (χ4n) is 2.55. The summed E-state index contributed by atoms with van der Waals surface area (Å²) in [5, 5.41) is 3.57. The third-order valence-electron chi connectivity index (χ3n) is 3.68. The van der Waals surface area contributed by atoms with Gasteiger partial charge >= 0.3 is 0 Å². The molecule has 23 heavy (non-hydrogen) atoms. The Morgan fingerprint density at radius 1 is 1.43 bits per heavy atom. The van der Waals surface area contributed by atoms with E-state index in [1.807, 2.05) is 0 Å². The van der Waals surface area contributed by atoms with E-state index in [0.29, 0.717) is 24.7 Å². The van der Waals surface area contributed by atoms with E-state index in [9.17, 15) is 13.2 Å². The number of sulfonamides is 1. The normalized spacial score (nSPS) is 18.5. The number of furan rings is 1. The summed E-state index contributed by atoms with van der Waals surface area (Å²) in [5.74, 6) is 0.445. The molecule has 3 rings (SSSR count). The number of hydrogen-bond acceptors (Lipinski definition) is 7. The van der Waals surface area contributed by atoms with Crippen LogP contribution in [0.3, 0.4) is 0 Å². The van der Waals surface area contributed by atoms with Gasteiger partial charge in [-0.15, -0.1) is 0 Å². The predicted molar refractivity (Wildman–Crippen MR) is 77.0 cm³/mol. The van der Waals surface area contributed by atoms with E-state index in [1.165, 1.54) is 19.2 Å². The third kappa shape index (κ3) is 2.86. The predicted octanol–water partition coefficient (Wildman–Crippen LogP) is 0.856. The SMILES string of the molecule is CNS(=O)(=O)c1ccc(C(=O)N2CCC[C@@H]2c2noc(C)n2)o1. The molecule has 0 saturated carbocycles. The van der Waals surface area contributed by atoms with Gasteiger partial charge in [-0.2, -0.15) is 4.98 Å². The van der Waals surface area contributed by atoms with E-state index in [4.69, 9.17) is 8.94 Å². The van der Waals surface area contributed by atoms with Crippen molar-refractivity contribution < 1.29 is 22.2 Å². The van der Waals surface area contributed by atoms with Gasteiger partial charge in [-0.25, -0.2) is 13.1 Å². The average Bonchev–Trinajstić information content (AvgIpc) is 3.26. The van der Waals surface area contributed by atoms with Gasteiger partial charge in [0.15, 0.2) is 11.6 Å². The first-order valence-corrected chi connectivity index (χ1v) is 8.55. The molecule has 2 aromatic heterocycles. The number of carbonyl (C=O) groups is 1. The number of amides is 1. The van der Waals surface area contributed by atoms with Crippen LogP contribution >= 0.6 is 0 Å². The first kappa shape index (κ1) is 15.7. The van der Waals surface area contributed by atoms with Crippen LogP contribution in [0.25, 0.3) is 0 Å². The summed E-state index contributed by atoms with van der Waals surface area (Å²) in [4.78, 5) is 18.3. The van der Waals surface area contributed by atoms with Crippen LogP contribution in [-0.4, -0.2) is 43.0 Å². The topological polar surface area (TPSA) is 119 Å². The molecule has 1 fully saturated rings. The van der Waals surface area contributed by atoms with Gasteiger partial charge in [0, 0.05) is 13.5 Å². The standard InChI is InChI=1S/C13H16N4O5S/c1-8-15-12(16-22-8)9-4-3-7-17(9)13(18)10-5-6-11(21-10)23(19,20)14-2/h5-6,9,14H,3-4,7H2,1-2H3/t9-/m1/s1. The summed E-state index contributed by atoms with van der Waals surface area (Å²) in [6, 6.07) is 2.31. The van der Waals surface area contributed by atoms with Gasteiger partial charge in [0.25, 0.3) is 15.9 Å². The number of hydrogen-bond donors (Lipinski definition) is 1. The van der Waals surface area contributed by atoms with Crippen molar-refractivity contribution in [1.82, 2.24) is 19.8 Å². The molecule has 0 aliphatic carbocycles. The molecule has 2 aromatic rings. The zero-order valence-corrected chi connectivity index (χ0v) is 13.5. The van der Waals surface area contributed by atoms with Crippen LogP contribution in [0.1, 0.15) is 41.2 Å². The zero-order valence-electron chi connectivity index (χ0n) is 12.6. The molecule has 1 amide bonds. The number of likely N-dealkylation sites (tertiary alicyclic amines) is 1. The molecule has 1 N–H and O–H groups in total. The van der Waals surface area contributed by atoms with Crippen molar-refractivity contribution in [2.45, 2.75) is 30.9 Å². The highest BCUT2D eigenvalue weighted by Gasteiger charge is 2.35. The minimum absolute atomic E-state index is 0.0362. The highest BCUT2D eigenvalue weighted by atomic mass is 32.2. The van der Waals surface area contributed by atoms with Crippen LogP contribution in [0.4, 0.5) is 0 Å². The van der Waals surface area contributed by atoms with Gasteiger partial charge in [-0.05, 0) is 32.0 Å². The van der Waals surface area contributed by atoms with Crippen LogP contribution in [0.5, 0.6) is 0 Å². The van der Waals surface area contributed by atoms with Crippen molar-refractivity contribution in [3.63, 3.8) is 0 Å². The summed E-state index contributed by atoms with van der Waals surface area (Å²) in [7, 11) is -2.45. The van der Waals surface area contributed by atoms with Crippen LogP contribution < -0.4 is 4.72 Å². The summed E-state index contributed by atoms with van der Waals surface area (Å²) in [5.41, 5.74) is 0. The van der Waals surface area contributed by atoms with Crippen LogP contribution in [0, 0.1) is 6.92 Å². The molecule has 1 saturated heterocycles. The quantitative estimate of drug-likeness (QED) is 0.876. The van der Waals surface area contributed by atoms with E-state index < -0.39 is 15.9 Å². The second-order valence-corrected chi connectivity index (χ2v) is 6.97. The van der Waals surface area contributed by atoms with Crippen molar-refractivity contribution in [3.8, 4) is 0 Å². The van der Waals surface area contributed by atoms with Gasteiger partial charge in [-0.1, -0.05) is 5.16 Å². The van der Waals surface area contributed by atoms with E-state index in [1.54, 1.807) is 11.8 Å². The number of nitrogens with zero attached hydrogens (tertiary/aromatic N) is 3. The molecule has 10 heteroatoms.